The van der Waals surface area contributed by atoms with Crippen LogP contribution in [0, 0.1) is 0 Å². The normalized spacial score (nSPS) is 10.8. The van der Waals surface area contributed by atoms with Gasteiger partial charge in [0.2, 0.25) is 0 Å². The predicted octanol–water partition coefficient (Wildman–Crippen LogP) is 2.70. The zero-order valence-electron chi connectivity index (χ0n) is 9.84. The van der Waals surface area contributed by atoms with E-state index < -0.39 is 18.4 Å². The Labute approximate surface area is 107 Å². The van der Waals surface area contributed by atoms with E-state index in [9.17, 15) is 0 Å². The minimum atomic E-state index is -2.82. The molecule has 0 saturated carbocycles. The Morgan fingerprint density at radius 1 is 0.647 bits per heavy atom. The summed E-state index contributed by atoms with van der Waals surface area (Å²) in [6.45, 7) is 8.16. The van der Waals surface area contributed by atoms with Gasteiger partial charge < -0.3 is 0 Å². The first-order valence-corrected chi connectivity index (χ1v) is 11.9. The van der Waals surface area contributed by atoms with Crippen molar-refractivity contribution in [3.05, 3.63) is 82.0 Å². The molecular weight excluding hydrogens is 311 g/mol. The summed E-state index contributed by atoms with van der Waals surface area (Å²) >= 11 is -2.82. The van der Waals surface area contributed by atoms with Crippen LogP contribution in [0.25, 0.3) is 0 Å². The molecule has 0 saturated heterocycles. The molecular formula is C16H16Sn. The van der Waals surface area contributed by atoms with Crippen molar-refractivity contribution in [2.24, 2.45) is 0 Å². The molecule has 0 heterocycles. The molecule has 0 spiro atoms. The molecule has 0 aromatic heterocycles. The quantitative estimate of drug-likeness (QED) is 0.758. The SMILES string of the molecule is C=[CH][Sn]([CH]=C)([c]1ccccc1)[c]1ccccc1. The van der Waals surface area contributed by atoms with Gasteiger partial charge in [-0.3, -0.25) is 0 Å². The van der Waals surface area contributed by atoms with E-state index in [4.69, 9.17) is 0 Å². The molecule has 0 aliphatic carbocycles. The first kappa shape index (κ1) is 12.2. The standard InChI is InChI=1S/2C6H5.2C2H3.Sn/c2*1-2-4-6-5-3-1;2*1-2;/h2*1-5H;2*1H,2H2;. The Kier molecular flexibility index (Phi) is 3.85. The Bertz CT molecular complexity index is 450. The zero-order chi connectivity index (χ0) is 12.1. The molecule has 0 nitrogen and oxygen atoms in total. The van der Waals surface area contributed by atoms with Crippen LogP contribution in [0.3, 0.4) is 0 Å². The van der Waals surface area contributed by atoms with Crippen LogP contribution < -0.4 is 7.16 Å². The maximum atomic E-state index is 4.08. The van der Waals surface area contributed by atoms with Gasteiger partial charge in [0.25, 0.3) is 0 Å². The van der Waals surface area contributed by atoms with E-state index >= 15 is 0 Å². The van der Waals surface area contributed by atoms with Gasteiger partial charge in [0, 0.05) is 0 Å². The fourth-order valence-corrected chi connectivity index (χ4v) is 10.5. The van der Waals surface area contributed by atoms with Crippen LogP contribution in [0.5, 0.6) is 0 Å². The Balaban J connectivity index is 2.62. The molecule has 84 valence electrons. The third-order valence-corrected chi connectivity index (χ3v) is 14.2. The van der Waals surface area contributed by atoms with E-state index in [1.165, 1.54) is 7.16 Å². The van der Waals surface area contributed by atoms with Gasteiger partial charge in [-0.25, -0.2) is 0 Å². The molecule has 0 unspecified atom stereocenters. The van der Waals surface area contributed by atoms with Crippen molar-refractivity contribution in [3.63, 3.8) is 0 Å². The van der Waals surface area contributed by atoms with Crippen molar-refractivity contribution in [1.82, 2.24) is 0 Å². The van der Waals surface area contributed by atoms with Gasteiger partial charge in [0.15, 0.2) is 0 Å². The second kappa shape index (κ2) is 5.37. The van der Waals surface area contributed by atoms with Gasteiger partial charge >= 0.3 is 108 Å². The van der Waals surface area contributed by atoms with E-state index in [-0.39, 0.29) is 0 Å². The summed E-state index contributed by atoms with van der Waals surface area (Å²) < 4.78 is 7.12. The summed E-state index contributed by atoms with van der Waals surface area (Å²) in [5.74, 6) is 0. The fraction of sp³-hybridized carbons (Fsp3) is 0. The molecule has 0 aliphatic rings. The van der Waals surface area contributed by atoms with Crippen molar-refractivity contribution >= 4 is 25.5 Å². The second-order valence-corrected chi connectivity index (χ2v) is 14.6. The van der Waals surface area contributed by atoms with Crippen LogP contribution >= 0.6 is 0 Å². The molecule has 2 aromatic rings. The van der Waals surface area contributed by atoms with Gasteiger partial charge in [-0.05, 0) is 0 Å². The van der Waals surface area contributed by atoms with E-state index in [0.29, 0.717) is 0 Å². The molecule has 0 radical (unpaired) electrons. The molecule has 0 atom stereocenters. The molecule has 17 heavy (non-hydrogen) atoms. The van der Waals surface area contributed by atoms with E-state index in [2.05, 4.69) is 82.0 Å². The van der Waals surface area contributed by atoms with Crippen LogP contribution in [0.15, 0.2) is 82.0 Å². The monoisotopic (exact) mass is 328 g/mol. The summed E-state index contributed by atoms with van der Waals surface area (Å²) in [5, 5.41) is 0. The summed E-state index contributed by atoms with van der Waals surface area (Å²) in [6, 6.07) is 21.3. The second-order valence-electron chi connectivity index (χ2n) is 4.01. The van der Waals surface area contributed by atoms with Crippen molar-refractivity contribution in [2.45, 2.75) is 0 Å². The van der Waals surface area contributed by atoms with E-state index in [1.807, 2.05) is 0 Å². The van der Waals surface area contributed by atoms with Crippen LogP contribution in [-0.4, -0.2) is 18.4 Å². The van der Waals surface area contributed by atoms with Crippen molar-refractivity contribution in [1.29, 1.82) is 0 Å². The molecule has 1 heteroatoms. The van der Waals surface area contributed by atoms with E-state index in [0.717, 1.165) is 0 Å². The van der Waals surface area contributed by atoms with Gasteiger partial charge in [-0.1, -0.05) is 0 Å². The Hall–Kier alpha value is -1.28. The summed E-state index contributed by atoms with van der Waals surface area (Å²) in [6.07, 6.45) is 0. The molecule has 2 aromatic carbocycles. The molecule has 0 fully saturated rings. The van der Waals surface area contributed by atoms with Gasteiger partial charge in [0.05, 0.1) is 0 Å². The number of hydrogen-bond donors (Lipinski definition) is 0. The first-order chi connectivity index (χ1) is 8.33. The zero-order valence-corrected chi connectivity index (χ0v) is 12.7. The predicted molar refractivity (Wildman–Crippen MR) is 78.3 cm³/mol. The third-order valence-electron chi connectivity index (χ3n) is 3.15. The maximum absolute atomic E-state index is 4.08. The topological polar surface area (TPSA) is 0 Å². The van der Waals surface area contributed by atoms with E-state index in [1.54, 1.807) is 0 Å². The number of rotatable bonds is 4. The number of benzene rings is 2. The van der Waals surface area contributed by atoms with Crippen LogP contribution in [-0.2, 0) is 0 Å². The molecule has 2 rings (SSSR count). The van der Waals surface area contributed by atoms with Crippen LogP contribution in [0.4, 0.5) is 0 Å². The van der Waals surface area contributed by atoms with Gasteiger partial charge in [0.1, 0.15) is 0 Å². The minimum absolute atomic E-state index is 1.40. The fourth-order valence-electron chi connectivity index (χ4n) is 2.15. The van der Waals surface area contributed by atoms with Gasteiger partial charge in [-0.15, -0.1) is 0 Å². The molecule has 0 aliphatic heterocycles. The number of hydrogen-bond acceptors (Lipinski definition) is 0. The van der Waals surface area contributed by atoms with Crippen molar-refractivity contribution in [2.75, 3.05) is 0 Å². The van der Waals surface area contributed by atoms with Crippen molar-refractivity contribution < 1.29 is 0 Å². The Morgan fingerprint density at radius 2 is 1.00 bits per heavy atom. The first-order valence-electron chi connectivity index (χ1n) is 5.72. The average molecular weight is 327 g/mol. The van der Waals surface area contributed by atoms with Crippen LogP contribution in [0.2, 0.25) is 0 Å². The summed E-state index contributed by atoms with van der Waals surface area (Å²) in [4.78, 5) is 0. The average Bonchev–Trinajstić information content (AvgIpc) is 2.43. The summed E-state index contributed by atoms with van der Waals surface area (Å²) in [7, 11) is 0. The van der Waals surface area contributed by atoms with Gasteiger partial charge in [-0.2, -0.15) is 0 Å². The van der Waals surface area contributed by atoms with Crippen LogP contribution in [0.1, 0.15) is 0 Å². The molecule has 0 amide bonds. The molecule has 0 N–H and O–H groups in total. The molecule has 0 bridgehead atoms. The Morgan fingerprint density at radius 3 is 1.29 bits per heavy atom. The van der Waals surface area contributed by atoms with Crippen molar-refractivity contribution in [3.8, 4) is 0 Å². The third kappa shape index (κ3) is 2.22. The summed E-state index contributed by atoms with van der Waals surface area (Å²) in [5.41, 5.74) is 0.